The van der Waals surface area contributed by atoms with Gasteiger partial charge >= 0.3 is 0 Å². The van der Waals surface area contributed by atoms with Gasteiger partial charge in [-0.05, 0) is 59.6 Å². The van der Waals surface area contributed by atoms with Gasteiger partial charge in [0.15, 0.2) is 0 Å². The molecule has 0 fully saturated rings. The van der Waals surface area contributed by atoms with Gasteiger partial charge in [-0.3, -0.25) is 0 Å². The molecule has 3 aromatic rings. The van der Waals surface area contributed by atoms with Gasteiger partial charge < -0.3 is 5.11 Å². The van der Waals surface area contributed by atoms with Crippen LogP contribution in [-0.4, -0.2) is 5.11 Å². The third-order valence-electron chi connectivity index (χ3n) is 7.09. The molecule has 1 unspecified atom stereocenters. The van der Waals surface area contributed by atoms with Crippen LogP contribution in [0.25, 0.3) is 11.1 Å². The van der Waals surface area contributed by atoms with Crippen molar-refractivity contribution < 1.29 is 5.11 Å². The van der Waals surface area contributed by atoms with Crippen LogP contribution in [0.2, 0.25) is 0 Å². The molecule has 1 aliphatic rings. The van der Waals surface area contributed by atoms with E-state index in [-0.39, 0.29) is 0 Å². The van der Waals surface area contributed by atoms with Crippen molar-refractivity contribution in [3.63, 3.8) is 0 Å². The van der Waals surface area contributed by atoms with E-state index in [1.54, 1.807) is 0 Å². The zero-order chi connectivity index (χ0) is 23.3. The average Bonchev–Trinajstić information content (AvgIpc) is 3.10. The first kappa shape index (κ1) is 24.2. The lowest BCUT2D eigenvalue weighted by molar-refractivity contribution is 0.130. The fourth-order valence-electron chi connectivity index (χ4n) is 5.36. The topological polar surface area (TPSA) is 20.2 Å². The van der Waals surface area contributed by atoms with Crippen LogP contribution < -0.4 is 0 Å². The van der Waals surface area contributed by atoms with Crippen LogP contribution in [0.15, 0.2) is 65.1 Å². The maximum absolute atomic E-state index is 12.5. The van der Waals surface area contributed by atoms with Gasteiger partial charge in [0.1, 0.15) is 5.60 Å². The maximum Gasteiger partial charge on any atom is 0.142 e. The zero-order valence-electron chi connectivity index (χ0n) is 20.2. The lowest BCUT2D eigenvalue weighted by Gasteiger charge is -2.28. The van der Waals surface area contributed by atoms with Gasteiger partial charge in [0.2, 0.25) is 0 Å². The van der Waals surface area contributed by atoms with Crippen molar-refractivity contribution in [2.45, 2.75) is 83.7 Å². The smallest absolute Gasteiger partial charge is 0.142 e. The first-order valence-electron chi connectivity index (χ1n) is 12.8. The second kappa shape index (κ2) is 11.0. The Morgan fingerprint density at radius 1 is 0.697 bits per heavy atom. The summed E-state index contributed by atoms with van der Waals surface area (Å²) in [5.74, 6) is 0. The Morgan fingerprint density at radius 2 is 1.30 bits per heavy atom. The molecule has 0 bridgehead atoms. The van der Waals surface area contributed by atoms with Gasteiger partial charge in [-0.15, -0.1) is 0 Å². The second-order valence-electron chi connectivity index (χ2n) is 9.58. The van der Waals surface area contributed by atoms with E-state index in [1.807, 2.05) is 6.07 Å². The normalized spacial score (nSPS) is 16.6. The molecule has 33 heavy (non-hydrogen) atoms. The standard InChI is InChI=1S/C31H37BrO/c1-3-5-7-9-14-23-20-24(15-10-8-6-4-2)22-25(21-23)31(33)28-18-12-11-16-26(28)27-17-13-19-29(32)30(27)31/h11-13,16-22,33H,3-10,14-15H2,1-2H3. The van der Waals surface area contributed by atoms with Crippen molar-refractivity contribution >= 4 is 15.9 Å². The number of halogens is 1. The highest BCUT2D eigenvalue weighted by molar-refractivity contribution is 9.10. The molecular formula is C31H37BrO. The lowest BCUT2D eigenvalue weighted by atomic mass is 9.82. The van der Waals surface area contributed by atoms with Gasteiger partial charge in [0.25, 0.3) is 0 Å². The van der Waals surface area contributed by atoms with Gasteiger partial charge in [-0.2, -0.15) is 0 Å². The molecule has 0 aliphatic heterocycles. The third kappa shape index (κ3) is 4.98. The first-order chi connectivity index (χ1) is 16.1. The van der Waals surface area contributed by atoms with E-state index in [1.165, 1.54) is 62.5 Å². The largest absolute Gasteiger partial charge is 0.376 e. The molecule has 1 aliphatic carbocycles. The van der Waals surface area contributed by atoms with E-state index in [4.69, 9.17) is 0 Å². The van der Waals surface area contributed by atoms with Crippen molar-refractivity contribution in [1.29, 1.82) is 0 Å². The van der Waals surface area contributed by atoms with Gasteiger partial charge in [0, 0.05) is 15.6 Å². The van der Waals surface area contributed by atoms with Crippen LogP contribution in [0.3, 0.4) is 0 Å². The third-order valence-corrected chi connectivity index (χ3v) is 7.75. The van der Waals surface area contributed by atoms with Crippen LogP contribution in [0.5, 0.6) is 0 Å². The molecule has 1 atom stereocenters. The monoisotopic (exact) mass is 504 g/mol. The van der Waals surface area contributed by atoms with E-state index in [9.17, 15) is 5.11 Å². The molecular weight excluding hydrogens is 468 g/mol. The fourth-order valence-corrected chi connectivity index (χ4v) is 6.01. The summed E-state index contributed by atoms with van der Waals surface area (Å²) in [5, 5.41) is 12.5. The molecule has 0 radical (unpaired) electrons. The van der Waals surface area contributed by atoms with Crippen LogP contribution in [0, 0.1) is 0 Å². The minimum absolute atomic E-state index is 0.969. The predicted molar refractivity (Wildman–Crippen MR) is 144 cm³/mol. The van der Waals surface area contributed by atoms with Gasteiger partial charge in [-0.25, -0.2) is 0 Å². The summed E-state index contributed by atoms with van der Waals surface area (Å²) in [5.41, 5.74) is 6.83. The number of rotatable bonds is 11. The average molecular weight is 506 g/mol. The Kier molecular flexibility index (Phi) is 8.09. The summed E-state index contributed by atoms with van der Waals surface area (Å²) in [6.07, 6.45) is 12.2. The number of unbranched alkanes of at least 4 members (excludes halogenated alkanes) is 6. The van der Waals surface area contributed by atoms with Crippen LogP contribution >= 0.6 is 15.9 Å². The summed E-state index contributed by atoms with van der Waals surface area (Å²) < 4.78 is 0.969. The van der Waals surface area contributed by atoms with Crippen molar-refractivity contribution in [2.75, 3.05) is 0 Å². The molecule has 2 heteroatoms. The van der Waals surface area contributed by atoms with E-state index in [0.717, 1.165) is 45.1 Å². The fraction of sp³-hybridized carbons (Fsp3) is 0.419. The molecule has 0 aromatic heterocycles. The second-order valence-corrected chi connectivity index (χ2v) is 10.4. The summed E-state index contributed by atoms with van der Waals surface area (Å²) >= 11 is 3.77. The van der Waals surface area contributed by atoms with Crippen molar-refractivity contribution in [1.82, 2.24) is 0 Å². The minimum Gasteiger partial charge on any atom is -0.376 e. The summed E-state index contributed by atoms with van der Waals surface area (Å²) in [6.45, 7) is 4.52. The number of benzene rings is 3. The molecule has 0 saturated carbocycles. The van der Waals surface area contributed by atoms with Crippen molar-refractivity contribution in [2.24, 2.45) is 0 Å². The van der Waals surface area contributed by atoms with Gasteiger partial charge in [0.05, 0.1) is 0 Å². The summed E-state index contributed by atoms with van der Waals surface area (Å²) in [7, 11) is 0. The highest BCUT2D eigenvalue weighted by Crippen LogP contribution is 2.53. The number of aliphatic hydroxyl groups is 1. The Hall–Kier alpha value is -1.90. The lowest BCUT2D eigenvalue weighted by Crippen LogP contribution is -2.27. The highest BCUT2D eigenvalue weighted by atomic mass is 79.9. The first-order valence-corrected chi connectivity index (χ1v) is 13.6. The molecule has 0 heterocycles. The van der Waals surface area contributed by atoms with Crippen molar-refractivity contribution in [3.05, 3.63) is 93.0 Å². The number of hydrogen-bond donors (Lipinski definition) is 1. The Labute approximate surface area is 208 Å². The van der Waals surface area contributed by atoms with Gasteiger partial charge in [-0.1, -0.05) is 123 Å². The summed E-state index contributed by atoms with van der Waals surface area (Å²) in [6, 6.07) is 21.5. The SMILES string of the molecule is CCCCCCc1cc(CCCCCC)cc(C2(O)c3ccccc3-c3cccc(Br)c32)c1. The Balaban J connectivity index is 1.78. The Morgan fingerprint density at radius 3 is 1.94 bits per heavy atom. The van der Waals surface area contributed by atoms with Crippen molar-refractivity contribution in [3.8, 4) is 11.1 Å². The molecule has 1 N–H and O–H groups in total. The minimum atomic E-state index is -1.14. The molecule has 3 aromatic carbocycles. The van der Waals surface area contributed by atoms with E-state index >= 15 is 0 Å². The molecule has 1 nitrogen and oxygen atoms in total. The van der Waals surface area contributed by atoms with E-state index < -0.39 is 5.60 Å². The molecule has 174 valence electrons. The quantitative estimate of drug-likeness (QED) is 0.258. The number of fused-ring (bicyclic) bond motifs is 3. The predicted octanol–water partition coefficient (Wildman–Crippen LogP) is 8.96. The molecule has 0 amide bonds. The van der Waals surface area contributed by atoms with E-state index in [2.05, 4.69) is 84.4 Å². The zero-order valence-corrected chi connectivity index (χ0v) is 21.8. The van der Waals surface area contributed by atoms with E-state index in [0.29, 0.717) is 0 Å². The maximum atomic E-state index is 12.5. The molecule has 0 spiro atoms. The Bertz CT molecular complexity index is 1060. The van der Waals surface area contributed by atoms with Crippen LogP contribution in [0.1, 0.15) is 93.0 Å². The number of hydrogen-bond acceptors (Lipinski definition) is 1. The number of aryl methyl sites for hydroxylation is 2. The highest BCUT2D eigenvalue weighted by Gasteiger charge is 2.44. The molecule has 0 saturated heterocycles. The van der Waals surface area contributed by atoms with Crippen LogP contribution in [-0.2, 0) is 18.4 Å². The van der Waals surface area contributed by atoms with Crippen LogP contribution in [0.4, 0.5) is 0 Å². The summed E-state index contributed by atoms with van der Waals surface area (Å²) in [4.78, 5) is 0. The molecule has 4 rings (SSSR count).